The lowest BCUT2D eigenvalue weighted by Crippen LogP contribution is -2.04. The average molecular weight is 733 g/mol. The Labute approximate surface area is 361 Å². The molecule has 55 heavy (non-hydrogen) atoms. The van der Waals surface area contributed by atoms with Crippen LogP contribution in [-0.2, 0) is 0 Å². The van der Waals surface area contributed by atoms with Crippen LogP contribution in [0.1, 0.15) is 41.1 Å². The first-order valence-corrected chi connectivity index (χ1v) is 16.1. The monoisotopic (exact) mass is 732 g/mol. The van der Waals surface area contributed by atoms with Gasteiger partial charge in [-0.15, -0.1) is 0 Å². The normalized spacial score (nSPS) is 18.9. The Bertz CT molecular complexity index is 4640. The van der Waals surface area contributed by atoms with Crippen LogP contribution < -0.4 is 0 Å². The number of benzene rings is 8. The van der Waals surface area contributed by atoms with Crippen LogP contribution in [-0.4, -0.2) is 19.5 Å². The van der Waals surface area contributed by atoms with Crippen molar-refractivity contribution < 1.29 is 41.1 Å². The van der Waals surface area contributed by atoms with E-state index in [1.165, 1.54) is 6.07 Å². The third kappa shape index (κ3) is 6.06. The number of nitrogens with zero attached hydrogens (tertiary/aromatic N) is 4. The summed E-state index contributed by atoms with van der Waals surface area (Å²) < 4.78 is 266. The summed E-state index contributed by atoms with van der Waals surface area (Å²) in [5, 5.41) is -0.733. The number of hydrogen-bond donors (Lipinski definition) is 0. The molecule has 0 saturated carbocycles. The summed E-state index contributed by atoms with van der Waals surface area (Å²) in [6.45, 7) is 0. The zero-order chi connectivity index (χ0) is 62.7. The van der Waals surface area contributed by atoms with E-state index in [0.717, 1.165) is 22.8 Å². The Balaban J connectivity index is 1.45. The number of rotatable bonds is 7. The Morgan fingerprint density at radius 1 is 0.364 bits per heavy atom. The Kier molecular flexibility index (Phi) is 3.47. The first kappa shape index (κ1) is 13.8. The first-order chi connectivity index (χ1) is 39.7. The minimum Gasteiger partial charge on any atom is -0.309 e. The molecule has 2 heterocycles. The van der Waals surface area contributed by atoms with Gasteiger partial charge < -0.3 is 4.57 Å². The van der Waals surface area contributed by atoms with E-state index in [0.29, 0.717) is 0 Å². The van der Waals surface area contributed by atoms with Crippen molar-refractivity contribution in [2.24, 2.45) is 0 Å². The third-order valence-electron chi connectivity index (χ3n) is 8.18. The molecule has 0 amide bonds. The van der Waals surface area contributed by atoms with Crippen LogP contribution in [0.25, 0.3) is 95.0 Å². The average Bonchev–Trinajstić information content (AvgIpc) is 1.67. The molecule has 4 nitrogen and oxygen atoms in total. The summed E-state index contributed by atoms with van der Waals surface area (Å²) in [6.07, 6.45) is 0. The zero-order valence-electron chi connectivity index (χ0n) is 57.6. The van der Waals surface area contributed by atoms with Gasteiger partial charge in [-0.1, -0.05) is 169 Å². The molecule has 4 heteroatoms. The van der Waals surface area contributed by atoms with E-state index in [1.807, 2.05) is 0 Å². The lowest BCUT2D eigenvalue weighted by atomic mass is 9.97. The lowest BCUT2D eigenvalue weighted by molar-refractivity contribution is 1.06. The topological polar surface area (TPSA) is 43.6 Å². The van der Waals surface area contributed by atoms with E-state index in [2.05, 4.69) is 15.0 Å². The van der Waals surface area contributed by atoms with Crippen molar-refractivity contribution in [1.82, 2.24) is 19.5 Å². The van der Waals surface area contributed by atoms with Crippen molar-refractivity contribution in [3.63, 3.8) is 0 Å². The van der Waals surface area contributed by atoms with Gasteiger partial charge >= 0.3 is 0 Å². The largest absolute Gasteiger partial charge is 0.309 e. The highest BCUT2D eigenvalue weighted by Gasteiger charge is 2.20. The standard InChI is InChI=1S/C51H34N4/c1-4-16-35(17-5-1)38-22-14-24-40(32-38)41-30-31-48(55-46-28-12-10-26-43(46)44-27-11-13-29-47(44)55)45(34-41)51-53-49(37-20-8-3-9-21-37)52-50(54-51)42-25-15-23-39(33-42)36-18-6-2-7-19-36/h1-34H/i1D,2D,3D,4D,5D,6D,7D,8D,9D,10D,11D,12D,14D,15D,16D,17D,18D,19D,20D,21D,22D,23D,24D,25D,26D,27D,28D,29D,32D,33D. The summed E-state index contributed by atoms with van der Waals surface area (Å²) in [4.78, 5) is 13.6. The van der Waals surface area contributed by atoms with Crippen LogP contribution in [0.15, 0.2) is 206 Å². The van der Waals surface area contributed by atoms with Crippen LogP contribution in [0, 0.1) is 0 Å². The molecule has 0 saturated heterocycles. The second-order valence-electron chi connectivity index (χ2n) is 11.4. The molecule has 0 spiro atoms. The van der Waals surface area contributed by atoms with Gasteiger partial charge in [-0.3, -0.25) is 0 Å². The molecule has 0 atom stereocenters. The fourth-order valence-corrected chi connectivity index (χ4v) is 5.80. The Hall–Kier alpha value is -7.43. The third-order valence-corrected chi connectivity index (χ3v) is 8.18. The van der Waals surface area contributed by atoms with Gasteiger partial charge in [-0.25, -0.2) is 15.0 Å². The molecule has 0 radical (unpaired) electrons. The molecule has 0 bridgehead atoms. The fourth-order valence-electron chi connectivity index (χ4n) is 5.80. The van der Waals surface area contributed by atoms with Crippen molar-refractivity contribution in [3.05, 3.63) is 206 Å². The molecule has 0 aliphatic heterocycles. The molecular formula is C51H34N4. The minimum absolute atomic E-state index is 0.330. The molecule has 0 fully saturated rings. The van der Waals surface area contributed by atoms with Gasteiger partial charge in [0.05, 0.1) is 57.8 Å². The lowest BCUT2D eigenvalue weighted by Gasteiger charge is -2.17. The molecule has 0 aliphatic rings. The van der Waals surface area contributed by atoms with E-state index < -0.39 is 249 Å². The van der Waals surface area contributed by atoms with E-state index in [4.69, 9.17) is 32.9 Å². The van der Waals surface area contributed by atoms with Crippen LogP contribution in [0.2, 0.25) is 0 Å². The second kappa shape index (κ2) is 13.8. The fraction of sp³-hybridized carbons (Fsp3) is 0. The number of para-hydroxylation sites is 2. The number of aromatic nitrogens is 4. The van der Waals surface area contributed by atoms with Gasteiger partial charge in [0, 0.05) is 27.5 Å². The second-order valence-corrected chi connectivity index (χ2v) is 11.4. The van der Waals surface area contributed by atoms with E-state index in [-0.39, 0.29) is 27.5 Å². The zero-order valence-corrected chi connectivity index (χ0v) is 27.6. The van der Waals surface area contributed by atoms with Crippen LogP contribution in [0.5, 0.6) is 0 Å². The summed E-state index contributed by atoms with van der Waals surface area (Å²) >= 11 is 0. The van der Waals surface area contributed by atoms with Gasteiger partial charge in [0.25, 0.3) is 0 Å². The number of fused-ring (bicyclic) bond motifs is 3. The SMILES string of the molecule is [2H]c1cc([2H])c2c(c1[2H])c1c([2H])c([2H])c([2H])c([2H])c1n2-c1ccc(-c2c([2H])c([2H])c([2H])c(-c3c([2H])c([2H])c([2H])c([2H])c3[2H])c2[2H])cc1-c1nc(-c2c([2H])c([2H])c([2H])c([2H])c2[2H])nc(-c2c([2H])c([2H])c([2H])c(-c3c([2H])c([2H])c([2H])c([2H])c3[2H])c2[2H])n1. The van der Waals surface area contributed by atoms with Crippen molar-refractivity contribution in [1.29, 1.82) is 0 Å². The molecule has 0 aliphatic carbocycles. The highest BCUT2D eigenvalue weighted by atomic mass is 15.1. The highest BCUT2D eigenvalue weighted by molar-refractivity contribution is 6.09. The van der Waals surface area contributed by atoms with Gasteiger partial charge in [0.15, 0.2) is 17.5 Å². The summed E-state index contributed by atoms with van der Waals surface area (Å²) in [6, 6.07) is -21.8. The molecule has 258 valence electrons. The summed E-state index contributed by atoms with van der Waals surface area (Å²) in [5.74, 6) is -2.56. The minimum atomic E-state index is -1.03. The molecule has 0 unspecified atom stereocenters. The van der Waals surface area contributed by atoms with Crippen LogP contribution in [0.4, 0.5) is 0 Å². The van der Waals surface area contributed by atoms with E-state index >= 15 is 0 Å². The summed E-state index contributed by atoms with van der Waals surface area (Å²) in [7, 11) is 0. The first-order valence-electron chi connectivity index (χ1n) is 31.1. The molecule has 10 rings (SSSR count). The van der Waals surface area contributed by atoms with Gasteiger partial charge in [-0.05, 0) is 69.7 Å². The quantitative estimate of drug-likeness (QED) is 0.164. The molecule has 2 aromatic heterocycles. The highest BCUT2D eigenvalue weighted by Crippen LogP contribution is 2.39. The Morgan fingerprint density at radius 2 is 0.836 bits per heavy atom. The van der Waals surface area contributed by atoms with Crippen molar-refractivity contribution in [2.75, 3.05) is 0 Å². The molecule has 8 aromatic carbocycles. The maximum atomic E-state index is 9.60. The van der Waals surface area contributed by atoms with Gasteiger partial charge in [-0.2, -0.15) is 0 Å². The summed E-state index contributed by atoms with van der Waals surface area (Å²) in [5.41, 5.74) is -7.21. The Morgan fingerprint density at radius 3 is 1.51 bits per heavy atom. The van der Waals surface area contributed by atoms with Crippen molar-refractivity contribution >= 4 is 21.8 Å². The molecule has 0 N–H and O–H groups in total. The molecular weight excluding hydrogens is 669 g/mol. The smallest absolute Gasteiger partial charge is 0.166 e. The predicted octanol–water partition coefficient (Wildman–Crippen LogP) is 13.0. The predicted molar refractivity (Wildman–Crippen MR) is 227 cm³/mol. The van der Waals surface area contributed by atoms with Gasteiger partial charge in [0.2, 0.25) is 0 Å². The number of hydrogen-bond acceptors (Lipinski definition) is 3. The van der Waals surface area contributed by atoms with Crippen LogP contribution >= 0.6 is 0 Å². The van der Waals surface area contributed by atoms with E-state index in [1.54, 1.807) is 0 Å². The van der Waals surface area contributed by atoms with E-state index in [9.17, 15) is 8.22 Å². The van der Waals surface area contributed by atoms with Gasteiger partial charge in [0.1, 0.15) is 0 Å². The van der Waals surface area contributed by atoms with Crippen molar-refractivity contribution in [2.45, 2.75) is 0 Å². The van der Waals surface area contributed by atoms with Crippen molar-refractivity contribution in [3.8, 4) is 73.2 Å². The maximum absolute atomic E-state index is 9.60. The van der Waals surface area contributed by atoms with Crippen LogP contribution in [0.3, 0.4) is 0 Å². The molecule has 10 aromatic rings. The maximum Gasteiger partial charge on any atom is 0.166 e.